The molecule has 0 aliphatic rings. The molecule has 2 heterocycles. The molecule has 1 aromatic carbocycles. The largest absolute Gasteiger partial charge is 0.391 e. The fourth-order valence-electron chi connectivity index (χ4n) is 1.88. The molecule has 3 aromatic rings. The number of aromatic nitrogens is 3. The van der Waals surface area contributed by atoms with Crippen LogP contribution in [0.1, 0.15) is 5.82 Å². The van der Waals surface area contributed by atoms with Crippen molar-refractivity contribution >= 4 is 16.3 Å². The molecule has 0 spiro atoms. The van der Waals surface area contributed by atoms with Gasteiger partial charge in [-0.3, -0.25) is 4.57 Å². The summed E-state index contributed by atoms with van der Waals surface area (Å²) < 4.78 is 2.03. The maximum absolute atomic E-state index is 5.77. The van der Waals surface area contributed by atoms with Gasteiger partial charge in [0.1, 0.15) is 5.82 Å². The lowest BCUT2D eigenvalue weighted by molar-refractivity contribution is 0.972. The van der Waals surface area contributed by atoms with Crippen molar-refractivity contribution in [3.63, 3.8) is 0 Å². The molecule has 5 heteroatoms. The fourth-order valence-corrected chi connectivity index (χ4v) is 2.63. The van der Waals surface area contributed by atoms with E-state index in [0.29, 0.717) is 0 Å². The summed E-state index contributed by atoms with van der Waals surface area (Å²) in [5, 5.41) is 9.18. The lowest BCUT2D eigenvalue weighted by Crippen LogP contribution is -1.98. The Morgan fingerprint density at radius 3 is 2.50 bits per heavy atom. The number of anilines is 1. The first-order chi connectivity index (χ1) is 8.75. The van der Waals surface area contributed by atoms with Crippen molar-refractivity contribution < 1.29 is 0 Å². The number of nitrogens with zero attached hydrogens (tertiary/aromatic N) is 3. The normalized spacial score (nSPS) is 10.7. The van der Waals surface area contributed by atoms with E-state index >= 15 is 0 Å². The van der Waals surface area contributed by atoms with Crippen LogP contribution in [-0.2, 0) is 0 Å². The zero-order valence-corrected chi connectivity index (χ0v) is 10.7. The minimum atomic E-state index is 0.783. The van der Waals surface area contributed by atoms with Crippen LogP contribution in [0, 0.1) is 6.92 Å². The van der Waals surface area contributed by atoms with Crippen LogP contribution in [0.5, 0.6) is 0 Å². The van der Waals surface area contributed by atoms with Crippen molar-refractivity contribution in [2.24, 2.45) is 0 Å². The summed E-state index contributed by atoms with van der Waals surface area (Å²) in [5.74, 6) is 1.70. The van der Waals surface area contributed by atoms with Gasteiger partial charge in [-0.05, 0) is 31.2 Å². The van der Waals surface area contributed by atoms with E-state index < -0.39 is 0 Å². The highest BCUT2D eigenvalue weighted by molar-refractivity contribution is 7.19. The van der Waals surface area contributed by atoms with Gasteiger partial charge in [0.25, 0.3) is 0 Å². The van der Waals surface area contributed by atoms with Crippen molar-refractivity contribution in [2.75, 3.05) is 5.73 Å². The highest BCUT2D eigenvalue weighted by Crippen LogP contribution is 2.30. The molecule has 0 unspecified atom stereocenters. The number of nitrogen functional groups attached to an aromatic ring is 1. The summed E-state index contributed by atoms with van der Waals surface area (Å²) in [6.07, 6.45) is 0. The van der Waals surface area contributed by atoms with Crippen LogP contribution in [-0.4, -0.2) is 14.8 Å². The average Bonchev–Trinajstić information content (AvgIpc) is 2.96. The molecule has 2 aromatic heterocycles. The molecular formula is C13H12N4S. The van der Waals surface area contributed by atoms with Crippen LogP contribution >= 0.6 is 11.3 Å². The maximum Gasteiger partial charge on any atom is 0.178 e. The third kappa shape index (κ3) is 1.78. The Kier molecular flexibility index (Phi) is 2.60. The summed E-state index contributed by atoms with van der Waals surface area (Å²) in [6.45, 7) is 1.94. The predicted molar refractivity (Wildman–Crippen MR) is 73.8 cm³/mol. The zero-order chi connectivity index (χ0) is 12.5. The molecule has 4 nitrogen and oxygen atoms in total. The number of thiophene rings is 1. The molecular weight excluding hydrogens is 244 g/mol. The fraction of sp³-hybridized carbons (Fsp3) is 0.0769. The average molecular weight is 256 g/mol. The summed E-state index contributed by atoms with van der Waals surface area (Å²) in [6, 6.07) is 13.9. The van der Waals surface area contributed by atoms with Gasteiger partial charge < -0.3 is 5.73 Å². The van der Waals surface area contributed by atoms with E-state index in [-0.39, 0.29) is 0 Å². The molecule has 0 saturated heterocycles. The molecule has 0 saturated carbocycles. The highest BCUT2D eigenvalue weighted by atomic mass is 32.1. The summed E-state index contributed by atoms with van der Waals surface area (Å²) in [5.41, 5.74) is 6.83. The van der Waals surface area contributed by atoms with Crippen molar-refractivity contribution in [1.82, 2.24) is 14.8 Å². The quantitative estimate of drug-likeness (QED) is 0.767. The molecule has 0 radical (unpaired) electrons. The van der Waals surface area contributed by atoms with E-state index in [1.807, 2.05) is 54.0 Å². The first-order valence-corrected chi connectivity index (χ1v) is 6.40. The van der Waals surface area contributed by atoms with E-state index in [0.717, 1.165) is 27.2 Å². The van der Waals surface area contributed by atoms with E-state index in [1.54, 1.807) is 0 Å². The SMILES string of the molecule is Cc1nnc(-c2ccc(N)s2)n1-c1ccccc1. The number of para-hydroxylation sites is 1. The Morgan fingerprint density at radius 1 is 1.06 bits per heavy atom. The Hall–Kier alpha value is -2.14. The van der Waals surface area contributed by atoms with Crippen molar-refractivity contribution in [3.05, 3.63) is 48.3 Å². The highest BCUT2D eigenvalue weighted by Gasteiger charge is 2.13. The van der Waals surface area contributed by atoms with Crippen molar-refractivity contribution in [3.8, 4) is 16.4 Å². The van der Waals surface area contributed by atoms with E-state index in [4.69, 9.17) is 5.73 Å². The molecule has 0 amide bonds. The monoisotopic (exact) mass is 256 g/mol. The minimum absolute atomic E-state index is 0.783. The molecule has 18 heavy (non-hydrogen) atoms. The van der Waals surface area contributed by atoms with E-state index in [2.05, 4.69) is 10.2 Å². The van der Waals surface area contributed by atoms with Gasteiger partial charge in [-0.25, -0.2) is 0 Å². The molecule has 2 N–H and O–H groups in total. The standard InChI is InChI=1S/C13H12N4S/c1-9-15-16-13(11-7-8-12(14)18-11)17(9)10-5-3-2-4-6-10/h2-8H,14H2,1H3. The minimum Gasteiger partial charge on any atom is -0.391 e. The van der Waals surface area contributed by atoms with Crippen molar-refractivity contribution in [2.45, 2.75) is 6.92 Å². The van der Waals surface area contributed by atoms with E-state index in [9.17, 15) is 0 Å². The van der Waals surface area contributed by atoms with Gasteiger partial charge in [0.15, 0.2) is 5.82 Å². The summed E-state index contributed by atoms with van der Waals surface area (Å²) in [4.78, 5) is 1.02. The lowest BCUT2D eigenvalue weighted by atomic mass is 10.3. The molecule has 0 atom stereocenters. The Morgan fingerprint density at radius 2 is 1.83 bits per heavy atom. The molecule has 0 fully saturated rings. The van der Waals surface area contributed by atoms with Gasteiger partial charge in [0, 0.05) is 5.69 Å². The Balaban J connectivity index is 2.18. The van der Waals surface area contributed by atoms with Gasteiger partial charge in [0.2, 0.25) is 0 Å². The molecule has 0 aliphatic carbocycles. The first kappa shape index (κ1) is 11.0. The third-order valence-electron chi connectivity index (χ3n) is 2.69. The second-order valence-corrected chi connectivity index (χ2v) is 5.06. The number of hydrogen-bond donors (Lipinski definition) is 1. The number of rotatable bonds is 2. The molecule has 0 aliphatic heterocycles. The molecule has 3 rings (SSSR count). The van der Waals surface area contributed by atoms with Gasteiger partial charge in [-0.15, -0.1) is 21.5 Å². The molecule has 0 bridgehead atoms. The predicted octanol–water partition coefficient (Wildman–Crippen LogP) is 2.89. The number of hydrogen-bond acceptors (Lipinski definition) is 4. The van der Waals surface area contributed by atoms with Gasteiger partial charge in [0.05, 0.1) is 9.88 Å². The maximum atomic E-state index is 5.77. The number of benzene rings is 1. The summed E-state index contributed by atoms with van der Waals surface area (Å²) in [7, 11) is 0. The molecule has 90 valence electrons. The van der Waals surface area contributed by atoms with Crippen molar-refractivity contribution in [1.29, 1.82) is 0 Å². The summed E-state index contributed by atoms with van der Waals surface area (Å²) >= 11 is 1.52. The van der Waals surface area contributed by atoms with Gasteiger partial charge in [-0.2, -0.15) is 0 Å². The second-order valence-electron chi connectivity index (χ2n) is 3.94. The Bertz CT molecular complexity index is 669. The topological polar surface area (TPSA) is 56.7 Å². The van der Waals surface area contributed by atoms with Gasteiger partial charge >= 0.3 is 0 Å². The van der Waals surface area contributed by atoms with Crippen LogP contribution in [0.15, 0.2) is 42.5 Å². The van der Waals surface area contributed by atoms with E-state index in [1.165, 1.54) is 11.3 Å². The van der Waals surface area contributed by atoms with Crippen LogP contribution in [0.3, 0.4) is 0 Å². The smallest absolute Gasteiger partial charge is 0.178 e. The first-order valence-electron chi connectivity index (χ1n) is 5.59. The second kappa shape index (κ2) is 4.27. The number of aryl methyl sites for hydroxylation is 1. The Labute approximate surface area is 109 Å². The van der Waals surface area contributed by atoms with Crippen LogP contribution < -0.4 is 5.73 Å². The van der Waals surface area contributed by atoms with Gasteiger partial charge in [-0.1, -0.05) is 18.2 Å². The third-order valence-corrected chi connectivity index (χ3v) is 3.60. The number of nitrogens with two attached hydrogens (primary N) is 1. The van der Waals surface area contributed by atoms with Crippen LogP contribution in [0.25, 0.3) is 16.4 Å². The lowest BCUT2D eigenvalue weighted by Gasteiger charge is -2.06. The van der Waals surface area contributed by atoms with Crippen LogP contribution in [0.4, 0.5) is 5.00 Å². The van der Waals surface area contributed by atoms with Crippen LogP contribution in [0.2, 0.25) is 0 Å². The zero-order valence-electron chi connectivity index (χ0n) is 9.87.